The molecule has 0 aromatic heterocycles. The molecule has 0 radical (unpaired) electrons. The average molecular weight is 310 g/mol. The lowest BCUT2D eigenvalue weighted by molar-refractivity contribution is 0.340. The molecule has 2 aliphatic rings. The highest BCUT2D eigenvalue weighted by Crippen LogP contribution is 2.46. The van der Waals surface area contributed by atoms with Gasteiger partial charge in [0.05, 0.1) is 7.11 Å². The molecule has 21 heavy (non-hydrogen) atoms. The summed E-state index contributed by atoms with van der Waals surface area (Å²) < 4.78 is 5.67. The van der Waals surface area contributed by atoms with Crippen molar-refractivity contribution in [2.24, 2.45) is 5.92 Å². The molecule has 1 aromatic carbocycles. The minimum absolute atomic E-state index is 0. The minimum Gasteiger partial charge on any atom is -0.496 e. The van der Waals surface area contributed by atoms with Crippen LogP contribution in [-0.4, -0.2) is 19.7 Å². The topological polar surface area (TPSA) is 21.3 Å². The Balaban J connectivity index is 0.00000161. The monoisotopic (exact) mass is 309 g/mol. The van der Waals surface area contributed by atoms with E-state index in [0.29, 0.717) is 12.0 Å². The molecule has 1 N–H and O–H groups in total. The predicted molar refractivity (Wildman–Crippen MR) is 90.7 cm³/mol. The molecule has 1 fully saturated rings. The largest absolute Gasteiger partial charge is 0.496 e. The first-order valence-electron chi connectivity index (χ1n) is 8.22. The third kappa shape index (κ3) is 3.73. The smallest absolute Gasteiger partial charge is 0.122 e. The Morgan fingerprint density at radius 1 is 1.24 bits per heavy atom. The van der Waals surface area contributed by atoms with Gasteiger partial charge in [-0.15, -0.1) is 12.4 Å². The first-order valence-corrected chi connectivity index (χ1v) is 8.22. The maximum atomic E-state index is 5.67. The zero-order chi connectivity index (χ0) is 13.9. The number of halogens is 1. The summed E-state index contributed by atoms with van der Waals surface area (Å²) in [6, 6.07) is 7.22. The van der Waals surface area contributed by atoms with Crippen LogP contribution in [0.5, 0.6) is 5.75 Å². The molecule has 0 heterocycles. The minimum atomic E-state index is 0. The molecule has 0 amide bonds. The van der Waals surface area contributed by atoms with E-state index < -0.39 is 0 Å². The van der Waals surface area contributed by atoms with Crippen molar-refractivity contribution in [2.75, 3.05) is 13.7 Å². The average Bonchev–Trinajstić information content (AvgIpc) is 3.29. The molecular weight excluding hydrogens is 282 g/mol. The van der Waals surface area contributed by atoms with Gasteiger partial charge in [-0.3, -0.25) is 0 Å². The lowest BCUT2D eigenvalue weighted by Gasteiger charge is -2.35. The van der Waals surface area contributed by atoms with Crippen molar-refractivity contribution < 1.29 is 4.74 Å². The summed E-state index contributed by atoms with van der Waals surface area (Å²) in [6.07, 6.45) is 7.88. The van der Waals surface area contributed by atoms with Crippen LogP contribution in [0.15, 0.2) is 18.2 Å². The first kappa shape index (κ1) is 16.6. The summed E-state index contributed by atoms with van der Waals surface area (Å²) in [5, 5.41) is 3.79. The summed E-state index contributed by atoms with van der Waals surface area (Å²) in [7, 11) is 1.81. The van der Waals surface area contributed by atoms with E-state index in [9.17, 15) is 0 Å². The summed E-state index contributed by atoms with van der Waals surface area (Å²) in [6.45, 7) is 3.39. The van der Waals surface area contributed by atoms with Gasteiger partial charge < -0.3 is 10.1 Å². The van der Waals surface area contributed by atoms with Crippen molar-refractivity contribution in [3.05, 3.63) is 29.3 Å². The molecule has 3 rings (SSSR count). The highest BCUT2D eigenvalue weighted by atomic mass is 35.5. The van der Waals surface area contributed by atoms with Crippen molar-refractivity contribution in [1.82, 2.24) is 5.32 Å². The lowest BCUT2D eigenvalue weighted by atomic mass is 9.76. The van der Waals surface area contributed by atoms with Crippen LogP contribution >= 0.6 is 12.4 Å². The number of benzene rings is 1. The number of methoxy groups -OCH3 is 1. The second-order valence-corrected chi connectivity index (χ2v) is 6.42. The number of ether oxygens (including phenoxy) is 1. The maximum absolute atomic E-state index is 5.67. The van der Waals surface area contributed by atoms with Crippen LogP contribution in [0.2, 0.25) is 0 Å². The number of fused-ring (bicyclic) bond motifs is 1. The van der Waals surface area contributed by atoms with Crippen molar-refractivity contribution in [1.29, 1.82) is 0 Å². The molecule has 1 saturated carbocycles. The normalized spacial score (nSPS) is 24.1. The van der Waals surface area contributed by atoms with Crippen LogP contribution in [0.1, 0.15) is 56.1 Å². The van der Waals surface area contributed by atoms with Crippen LogP contribution in [0.3, 0.4) is 0 Å². The van der Waals surface area contributed by atoms with Gasteiger partial charge in [-0.25, -0.2) is 0 Å². The van der Waals surface area contributed by atoms with Crippen LogP contribution in [0, 0.1) is 5.92 Å². The molecule has 2 aliphatic carbocycles. The molecule has 0 unspecified atom stereocenters. The van der Waals surface area contributed by atoms with Crippen molar-refractivity contribution >= 4 is 12.4 Å². The fourth-order valence-corrected chi connectivity index (χ4v) is 3.69. The maximum Gasteiger partial charge on any atom is 0.122 e. The van der Waals surface area contributed by atoms with Gasteiger partial charge in [0.25, 0.3) is 0 Å². The highest BCUT2D eigenvalue weighted by molar-refractivity contribution is 5.85. The zero-order valence-corrected chi connectivity index (χ0v) is 14.0. The third-order valence-corrected chi connectivity index (χ3v) is 4.90. The molecular formula is C18H28ClNO. The van der Waals surface area contributed by atoms with Gasteiger partial charge in [0.2, 0.25) is 0 Å². The van der Waals surface area contributed by atoms with Gasteiger partial charge in [-0.1, -0.05) is 31.9 Å². The van der Waals surface area contributed by atoms with E-state index >= 15 is 0 Å². The Morgan fingerprint density at radius 3 is 2.71 bits per heavy atom. The summed E-state index contributed by atoms with van der Waals surface area (Å²) in [4.78, 5) is 0. The lowest BCUT2D eigenvalue weighted by Crippen LogP contribution is -2.39. The van der Waals surface area contributed by atoms with Gasteiger partial charge in [-0.2, -0.15) is 0 Å². The zero-order valence-electron chi connectivity index (χ0n) is 13.2. The van der Waals surface area contributed by atoms with Gasteiger partial charge >= 0.3 is 0 Å². The van der Waals surface area contributed by atoms with Crippen molar-refractivity contribution in [2.45, 2.75) is 57.4 Å². The van der Waals surface area contributed by atoms with E-state index in [1.54, 1.807) is 0 Å². The van der Waals surface area contributed by atoms with Crippen LogP contribution in [0.4, 0.5) is 0 Å². The van der Waals surface area contributed by atoms with Gasteiger partial charge in [0, 0.05) is 17.5 Å². The quantitative estimate of drug-likeness (QED) is 0.845. The van der Waals surface area contributed by atoms with E-state index in [-0.39, 0.29) is 12.4 Å². The van der Waals surface area contributed by atoms with Gasteiger partial charge in [0.1, 0.15) is 5.75 Å². The second-order valence-electron chi connectivity index (χ2n) is 6.42. The molecule has 2 nitrogen and oxygen atoms in total. The SMILES string of the molecule is CCCN[C@@H]1CCc2cccc(OC)c2[C@@H]1CC1CC1.Cl. The third-order valence-electron chi connectivity index (χ3n) is 4.90. The Bertz CT molecular complexity index is 444. The molecule has 0 saturated heterocycles. The van der Waals surface area contributed by atoms with E-state index in [4.69, 9.17) is 4.74 Å². The van der Waals surface area contributed by atoms with E-state index in [1.807, 2.05) is 7.11 Å². The summed E-state index contributed by atoms with van der Waals surface area (Å²) >= 11 is 0. The number of nitrogens with one attached hydrogen (secondary N) is 1. The second kappa shape index (κ2) is 7.51. The molecule has 118 valence electrons. The molecule has 3 heteroatoms. The van der Waals surface area contributed by atoms with Crippen LogP contribution < -0.4 is 10.1 Å². The van der Waals surface area contributed by atoms with E-state index in [0.717, 1.165) is 18.2 Å². The standard InChI is InChI=1S/C18H27NO.ClH/c1-3-11-19-16-10-9-14-5-4-6-17(20-2)18(14)15(16)12-13-7-8-13;/h4-6,13,15-16,19H,3,7-12H2,1-2H3;1H/t15-,16-;/m1./s1. The van der Waals surface area contributed by atoms with Gasteiger partial charge in [0.15, 0.2) is 0 Å². The first-order chi connectivity index (χ1) is 9.83. The Morgan fingerprint density at radius 2 is 2.05 bits per heavy atom. The van der Waals surface area contributed by atoms with E-state index in [2.05, 4.69) is 30.4 Å². The van der Waals surface area contributed by atoms with Crippen LogP contribution in [-0.2, 0) is 6.42 Å². The number of aryl methyl sites for hydroxylation is 1. The Labute approximate surface area is 135 Å². The molecule has 1 aromatic rings. The number of hydrogen-bond acceptors (Lipinski definition) is 2. The number of hydrogen-bond donors (Lipinski definition) is 1. The Kier molecular flexibility index (Phi) is 5.95. The van der Waals surface area contributed by atoms with E-state index in [1.165, 1.54) is 49.7 Å². The van der Waals surface area contributed by atoms with Gasteiger partial charge in [-0.05, 0) is 49.8 Å². The van der Waals surface area contributed by atoms with Crippen molar-refractivity contribution in [3.63, 3.8) is 0 Å². The molecule has 2 atom stereocenters. The summed E-state index contributed by atoms with van der Waals surface area (Å²) in [5.74, 6) is 2.71. The van der Waals surface area contributed by atoms with Crippen molar-refractivity contribution in [3.8, 4) is 5.75 Å². The fourth-order valence-electron chi connectivity index (χ4n) is 3.69. The summed E-state index contributed by atoms with van der Waals surface area (Å²) in [5.41, 5.74) is 3.02. The van der Waals surface area contributed by atoms with Crippen LogP contribution in [0.25, 0.3) is 0 Å². The molecule has 0 bridgehead atoms. The fraction of sp³-hybridized carbons (Fsp3) is 0.667. The Hall–Kier alpha value is -0.730. The molecule has 0 spiro atoms. The highest BCUT2D eigenvalue weighted by Gasteiger charge is 2.36. The molecule has 0 aliphatic heterocycles. The number of rotatable bonds is 6. The predicted octanol–water partition coefficient (Wildman–Crippen LogP) is 4.32.